The number of ether oxygens (including phenoxy) is 2. The van der Waals surface area contributed by atoms with Gasteiger partial charge in [0.2, 0.25) is 5.91 Å². The smallest absolute Gasteiger partial charge is 0.258 e. The molecule has 0 saturated carbocycles. The molecule has 0 saturated heterocycles. The van der Waals surface area contributed by atoms with E-state index >= 15 is 0 Å². The molecule has 1 aliphatic rings. The van der Waals surface area contributed by atoms with Gasteiger partial charge in [-0.15, -0.1) is 0 Å². The minimum Gasteiger partial charge on any atom is -0.489 e. The number of nitrogens with one attached hydrogen (secondary N) is 1. The van der Waals surface area contributed by atoms with E-state index in [1.165, 1.54) is 0 Å². The lowest BCUT2D eigenvalue weighted by atomic mass is 10.00. The summed E-state index contributed by atoms with van der Waals surface area (Å²) in [5.74, 6) is 0.291. The van der Waals surface area contributed by atoms with E-state index in [9.17, 15) is 9.59 Å². The van der Waals surface area contributed by atoms with Gasteiger partial charge in [-0.2, -0.15) is 0 Å². The third-order valence-electron chi connectivity index (χ3n) is 7.61. The Morgan fingerprint density at radius 1 is 0.705 bits per heavy atom. The molecule has 2 amide bonds. The van der Waals surface area contributed by atoms with E-state index in [0.717, 1.165) is 22.3 Å². The zero-order valence-corrected chi connectivity index (χ0v) is 24.7. The Morgan fingerprint density at radius 3 is 2.02 bits per heavy atom. The van der Waals surface area contributed by atoms with E-state index in [0.29, 0.717) is 27.6 Å². The van der Waals surface area contributed by atoms with Crippen molar-refractivity contribution in [3.63, 3.8) is 0 Å². The van der Waals surface area contributed by atoms with Gasteiger partial charge >= 0.3 is 0 Å². The lowest BCUT2D eigenvalue weighted by Crippen LogP contribution is -2.43. The number of fused-ring (bicyclic) bond motifs is 3. The number of nitrogens with zero attached hydrogens (tertiary/aromatic N) is 1. The van der Waals surface area contributed by atoms with Crippen molar-refractivity contribution in [2.24, 2.45) is 0 Å². The van der Waals surface area contributed by atoms with Gasteiger partial charge in [0.15, 0.2) is 0 Å². The van der Waals surface area contributed by atoms with E-state index in [1.54, 1.807) is 35.2 Å². The summed E-state index contributed by atoms with van der Waals surface area (Å²) < 4.78 is 12.7. The van der Waals surface area contributed by atoms with Crippen molar-refractivity contribution in [1.82, 2.24) is 10.2 Å². The highest BCUT2D eigenvalue weighted by atomic mass is 35.5. The molecule has 0 spiro atoms. The van der Waals surface area contributed by atoms with E-state index in [1.807, 2.05) is 97.1 Å². The molecular weight excluding hydrogens is 572 g/mol. The normalized spacial score (nSPS) is 14.7. The summed E-state index contributed by atoms with van der Waals surface area (Å²) in [7, 11) is 0. The number of carbonyl (C=O) groups excluding carboxylic acids is 2. The maximum atomic E-state index is 14.6. The van der Waals surface area contributed by atoms with Crippen LogP contribution < -0.4 is 14.8 Å². The Hall–Kier alpha value is -5.07. The van der Waals surface area contributed by atoms with Crippen molar-refractivity contribution in [3.05, 3.63) is 166 Å². The zero-order valence-electron chi connectivity index (χ0n) is 24.0. The molecule has 7 heteroatoms. The van der Waals surface area contributed by atoms with Crippen LogP contribution in [-0.4, -0.2) is 16.7 Å². The average Bonchev–Trinajstić information content (AvgIpc) is 3.07. The van der Waals surface area contributed by atoms with Crippen molar-refractivity contribution in [2.45, 2.75) is 32.3 Å². The minimum atomic E-state index is -1.02. The van der Waals surface area contributed by atoms with Gasteiger partial charge in [0.25, 0.3) is 5.91 Å². The molecule has 1 aliphatic heterocycles. The Labute approximate surface area is 261 Å². The van der Waals surface area contributed by atoms with Gasteiger partial charge in [-0.05, 0) is 52.6 Å². The van der Waals surface area contributed by atoms with Gasteiger partial charge in [0.1, 0.15) is 30.8 Å². The molecule has 0 bridgehead atoms. The summed E-state index contributed by atoms with van der Waals surface area (Å²) in [5.41, 5.74) is 4.62. The van der Waals surface area contributed by atoms with Gasteiger partial charge in [-0.3, -0.25) is 9.59 Å². The summed E-state index contributed by atoms with van der Waals surface area (Å²) in [5, 5.41) is 3.68. The molecule has 44 heavy (non-hydrogen) atoms. The Bertz CT molecular complexity index is 1760. The fourth-order valence-electron chi connectivity index (χ4n) is 5.31. The van der Waals surface area contributed by atoms with E-state index in [-0.39, 0.29) is 38.1 Å². The first kappa shape index (κ1) is 29.0. The first-order chi connectivity index (χ1) is 21.6. The van der Waals surface area contributed by atoms with Gasteiger partial charge in [-0.25, -0.2) is 0 Å². The van der Waals surface area contributed by atoms with Crippen molar-refractivity contribution in [1.29, 1.82) is 0 Å². The summed E-state index contributed by atoms with van der Waals surface area (Å²) >= 11 is 6.08. The van der Waals surface area contributed by atoms with Crippen LogP contribution in [-0.2, 0) is 31.1 Å². The number of hydrogen-bond donors (Lipinski definition) is 1. The molecule has 5 aromatic rings. The molecule has 1 atom stereocenters. The first-order valence-electron chi connectivity index (χ1n) is 14.4. The maximum Gasteiger partial charge on any atom is 0.258 e. The van der Waals surface area contributed by atoms with Crippen LogP contribution in [0.25, 0.3) is 0 Å². The van der Waals surface area contributed by atoms with Crippen LogP contribution in [0.2, 0.25) is 5.02 Å². The first-order valence-corrected chi connectivity index (χ1v) is 14.8. The van der Waals surface area contributed by atoms with Gasteiger partial charge < -0.3 is 19.7 Å². The second kappa shape index (κ2) is 13.5. The van der Waals surface area contributed by atoms with Gasteiger partial charge in [0, 0.05) is 23.7 Å². The topological polar surface area (TPSA) is 67.9 Å². The number of rotatable bonds is 5. The number of para-hydroxylation sites is 2. The van der Waals surface area contributed by atoms with Crippen molar-refractivity contribution in [2.75, 3.05) is 0 Å². The van der Waals surface area contributed by atoms with Crippen LogP contribution in [0.3, 0.4) is 0 Å². The lowest BCUT2D eigenvalue weighted by Gasteiger charge is -2.33. The summed E-state index contributed by atoms with van der Waals surface area (Å²) in [6.07, 6.45) is 0. The third-order valence-corrected chi connectivity index (χ3v) is 7.86. The molecule has 6 nitrogen and oxygen atoms in total. The highest BCUT2D eigenvalue weighted by molar-refractivity contribution is 6.30. The van der Waals surface area contributed by atoms with Gasteiger partial charge in [-0.1, -0.05) is 109 Å². The van der Waals surface area contributed by atoms with Crippen molar-refractivity contribution in [3.8, 4) is 11.5 Å². The molecule has 0 fully saturated rings. The molecule has 6 rings (SSSR count). The fourth-order valence-corrected chi connectivity index (χ4v) is 5.44. The molecule has 5 aromatic carbocycles. The largest absolute Gasteiger partial charge is 0.489 e. The maximum absolute atomic E-state index is 14.6. The summed E-state index contributed by atoms with van der Waals surface area (Å²) in [6.45, 7) is 0.969. The Kier molecular flexibility index (Phi) is 8.90. The standard InChI is InChI=1S/C37H31ClN2O4/c38-30-20-18-26(19-21-30)22-39-36(41)35-31-14-6-8-16-33(31)43-24-28-12-4-5-13-29(28)25-44-34-17-9-7-15-32(34)37(42)40(35)23-27-10-2-1-3-11-27/h1-21,35H,22-25H2,(H,39,41). The van der Waals surface area contributed by atoms with E-state index in [2.05, 4.69) is 5.32 Å². The quantitative estimate of drug-likeness (QED) is 0.226. The molecule has 0 aliphatic carbocycles. The summed E-state index contributed by atoms with van der Waals surface area (Å²) in [4.78, 5) is 30.6. The average molecular weight is 603 g/mol. The second-order valence-electron chi connectivity index (χ2n) is 10.5. The molecule has 0 radical (unpaired) electrons. The fraction of sp³-hybridized carbons (Fsp3) is 0.135. The highest BCUT2D eigenvalue weighted by Crippen LogP contribution is 2.35. The van der Waals surface area contributed by atoms with Crippen LogP contribution in [0.5, 0.6) is 11.5 Å². The van der Waals surface area contributed by atoms with Gasteiger partial charge in [0.05, 0.1) is 5.56 Å². The number of benzene rings is 5. The van der Waals surface area contributed by atoms with Crippen LogP contribution in [0, 0.1) is 0 Å². The number of carbonyl (C=O) groups is 2. The number of halogens is 1. The Balaban J connectivity index is 1.48. The van der Waals surface area contributed by atoms with Crippen LogP contribution in [0.1, 0.15) is 44.2 Å². The molecular formula is C37H31ClN2O4. The Morgan fingerprint density at radius 2 is 1.30 bits per heavy atom. The zero-order chi connectivity index (χ0) is 30.3. The monoisotopic (exact) mass is 602 g/mol. The third kappa shape index (κ3) is 6.61. The predicted octanol–water partition coefficient (Wildman–Crippen LogP) is 7.51. The van der Waals surface area contributed by atoms with Crippen LogP contribution in [0.15, 0.2) is 127 Å². The summed E-state index contributed by atoms with van der Waals surface area (Å²) in [6, 6.07) is 38.4. The van der Waals surface area contributed by atoms with Crippen molar-refractivity contribution >= 4 is 23.4 Å². The second-order valence-corrected chi connectivity index (χ2v) is 11.0. The molecule has 1 unspecified atom stereocenters. The van der Waals surface area contributed by atoms with E-state index < -0.39 is 6.04 Å². The highest BCUT2D eigenvalue weighted by Gasteiger charge is 2.35. The number of hydrogen-bond acceptors (Lipinski definition) is 4. The molecule has 220 valence electrons. The van der Waals surface area contributed by atoms with E-state index in [4.69, 9.17) is 21.1 Å². The minimum absolute atomic E-state index is 0.182. The van der Waals surface area contributed by atoms with Crippen LogP contribution >= 0.6 is 11.6 Å². The SMILES string of the molecule is O=C(NCc1ccc(Cl)cc1)C1c2ccccc2OCc2ccccc2COc2ccccc2C(=O)N1Cc1ccccc1. The molecule has 1 N–H and O–H groups in total. The van der Waals surface area contributed by atoms with Crippen molar-refractivity contribution < 1.29 is 19.1 Å². The van der Waals surface area contributed by atoms with Crippen LogP contribution in [0.4, 0.5) is 0 Å². The predicted molar refractivity (Wildman–Crippen MR) is 170 cm³/mol. The molecule has 0 aromatic heterocycles. The number of amides is 2. The lowest BCUT2D eigenvalue weighted by molar-refractivity contribution is -0.126. The molecule has 1 heterocycles.